The number of carbonyl (C=O) groups is 1. The second-order valence-corrected chi connectivity index (χ2v) is 7.69. The SMILES string of the molecule is C=CCn1c(CSc2ccccc2)nn(CC(=O)Nc2ccc(C)cc2)c1=S. The Balaban J connectivity index is 1.73. The van der Waals surface area contributed by atoms with Crippen LogP contribution in [-0.2, 0) is 23.6 Å². The number of aryl methyl sites for hydroxylation is 1. The number of benzene rings is 2. The summed E-state index contributed by atoms with van der Waals surface area (Å²) in [5.41, 5.74) is 1.90. The normalized spacial score (nSPS) is 10.6. The smallest absolute Gasteiger partial charge is 0.246 e. The zero-order valence-electron chi connectivity index (χ0n) is 15.7. The number of rotatable bonds is 8. The quantitative estimate of drug-likeness (QED) is 0.328. The first-order chi connectivity index (χ1) is 13.6. The summed E-state index contributed by atoms with van der Waals surface area (Å²) in [5, 5.41) is 7.47. The molecular weight excluding hydrogens is 388 g/mol. The van der Waals surface area contributed by atoms with Gasteiger partial charge in [-0.15, -0.1) is 18.3 Å². The third kappa shape index (κ3) is 5.21. The molecule has 0 saturated carbocycles. The van der Waals surface area contributed by atoms with Gasteiger partial charge in [0.25, 0.3) is 0 Å². The Labute approximate surface area is 174 Å². The Hall–Kier alpha value is -2.64. The average Bonchev–Trinajstić information content (AvgIpc) is 2.98. The van der Waals surface area contributed by atoms with Crippen LogP contribution in [0.2, 0.25) is 0 Å². The molecule has 28 heavy (non-hydrogen) atoms. The molecule has 3 rings (SSSR count). The second-order valence-electron chi connectivity index (χ2n) is 6.27. The highest BCUT2D eigenvalue weighted by molar-refractivity contribution is 7.98. The third-order valence-corrected chi connectivity index (χ3v) is 5.49. The maximum absolute atomic E-state index is 12.4. The average molecular weight is 411 g/mol. The number of amides is 1. The number of thioether (sulfide) groups is 1. The summed E-state index contributed by atoms with van der Waals surface area (Å²) in [6.45, 7) is 6.43. The van der Waals surface area contributed by atoms with E-state index in [2.05, 4.69) is 29.1 Å². The summed E-state index contributed by atoms with van der Waals surface area (Å²) >= 11 is 7.22. The first-order valence-electron chi connectivity index (χ1n) is 8.88. The van der Waals surface area contributed by atoms with Crippen molar-refractivity contribution in [3.63, 3.8) is 0 Å². The van der Waals surface area contributed by atoms with Crippen LogP contribution >= 0.6 is 24.0 Å². The molecule has 0 saturated heterocycles. The molecule has 1 N–H and O–H groups in total. The van der Waals surface area contributed by atoms with Crippen molar-refractivity contribution in [1.29, 1.82) is 0 Å². The lowest BCUT2D eigenvalue weighted by Crippen LogP contribution is -2.19. The van der Waals surface area contributed by atoms with Gasteiger partial charge in [0.1, 0.15) is 12.4 Å². The van der Waals surface area contributed by atoms with Gasteiger partial charge >= 0.3 is 0 Å². The number of anilines is 1. The van der Waals surface area contributed by atoms with E-state index < -0.39 is 0 Å². The molecule has 0 unspecified atom stereocenters. The van der Waals surface area contributed by atoms with Gasteiger partial charge in [-0.25, -0.2) is 4.68 Å². The Morgan fingerprint density at radius 3 is 2.61 bits per heavy atom. The van der Waals surface area contributed by atoms with Gasteiger partial charge < -0.3 is 5.32 Å². The number of hydrogen-bond donors (Lipinski definition) is 1. The number of aromatic nitrogens is 3. The van der Waals surface area contributed by atoms with E-state index in [0.717, 1.165) is 22.0 Å². The lowest BCUT2D eigenvalue weighted by molar-refractivity contribution is -0.116. The lowest BCUT2D eigenvalue weighted by Gasteiger charge is -2.05. The molecule has 1 heterocycles. The van der Waals surface area contributed by atoms with Crippen molar-refractivity contribution >= 4 is 35.6 Å². The van der Waals surface area contributed by atoms with E-state index in [1.807, 2.05) is 54.0 Å². The van der Waals surface area contributed by atoms with E-state index in [9.17, 15) is 4.79 Å². The number of carbonyl (C=O) groups excluding carboxylic acids is 1. The summed E-state index contributed by atoms with van der Waals surface area (Å²) in [7, 11) is 0. The molecule has 0 aliphatic rings. The molecule has 3 aromatic rings. The Bertz CT molecular complexity index is 1010. The molecule has 0 radical (unpaired) electrons. The molecule has 0 aliphatic carbocycles. The van der Waals surface area contributed by atoms with Crippen LogP contribution in [0.4, 0.5) is 5.69 Å². The van der Waals surface area contributed by atoms with E-state index >= 15 is 0 Å². The second kappa shape index (κ2) is 9.52. The molecule has 0 bridgehead atoms. The van der Waals surface area contributed by atoms with Gasteiger partial charge in [0, 0.05) is 17.1 Å². The Morgan fingerprint density at radius 1 is 1.21 bits per heavy atom. The van der Waals surface area contributed by atoms with Gasteiger partial charge in [-0.2, -0.15) is 5.10 Å². The van der Waals surface area contributed by atoms with Crippen LogP contribution in [0.5, 0.6) is 0 Å². The van der Waals surface area contributed by atoms with Crippen LogP contribution in [0.25, 0.3) is 0 Å². The number of nitrogens with one attached hydrogen (secondary N) is 1. The van der Waals surface area contributed by atoms with E-state index in [1.54, 1.807) is 22.5 Å². The topological polar surface area (TPSA) is 51.9 Å². The fraction of sp³-hybridized carbons (Fsp3) is 0.190. The van der Waals surface area contributed by atoms with Crippen molar-refractivity contribution in [3.8, 4) is 0 Å². The first-order valence-corrected chi connectivity index (χ1v) is 10.3. The van der Waals surface area contributed by atoms with Gasteiger partial charge in [-0.1, -0.05) is 42.0 Å². The molecule has 0 fully saturated rings. The number of allylic oxidation sites excluding steroid dienone is 1. The fourth-order valence-corrected chi connectivity index (χ4v) is 3.79. The van der Waals surface area contributed by atoms with Crippen LogP contribution in [0.15, 0.2) is 72.1 Å². The van der Waals surface area contributed by atoms with E-state index in [0.29, 0.717) is 17.1 Å². The highest BCUT2D eigenvalue weighted by Crippen LogP contribution is 2.22. The molecule has 2 aromatic carbocycles. The van der Waals surface area contributed by atoms with Crippen molar-refractivity contribution in [2.75, 3.05) is 5.32 Å². The van der Waals surface area contributed by atoms with Crippen molar-refractivity contribution in [2.45, 2.75) is 30.7 Å². The lowest BCUT2D eigenvalue weighted by atomic mass is 10.2. The first kappa shape index (κ1) is 20.1. The van der Waals surface area contributed by atoms with Crippen molar-refractivity contribution < 1.29 is 4.79 Å². The standard InChI is InChI=1S/C21H22N4OS2/c1-3-13-24-19(15-28-18-7-5-4-6-8-18)23-25(21(24)27)14-20(26)22-17-11-9-16(2)10-12-17/h3-12H,1,13-15H2,2H3,(H,22,26). The molecular formula is C21H22N4OS2. The summed E-state index contributed by atoms with van der Waals surface area (Å²) < 4.78 is 4.00. The molecule has 1 aromatic heterocycles. The molecule has 1 amide bonds. The fourth-order valence-electron chi connectivity index (χ4n) is 2.65. The third-order valence-electron chi connectivity index (χ3n) is 4.05. The van der Waals surface area contributed by atoms with E-state index in [4.69, 9.17) is 12.2 Å². The monoisotopic (exact) mass is 410 g/mol. The molecule has 0 atom stereocenters. The van der Waals surface area contributed by atoms with Crippen molar-refractivity contribution in [3.05, 3.63) is 83.4 Å². The minimum Gasteiger partial charge on any atom is -0.324 e. The predicted molar refractivity (Wildman–Crippen MR) is 117 cm³/mol. The van der Waals surface area contributed by atoms with Gasteiger partial charge in [0.15, 0.2) is 4.77 Å². The maximum Gasteiger partial charge on any atom is 0.246 e. The molecule has 7 heteroatoms. The van der Waals surface area contributed by atoms with Crippen LogP contribution < -0.4 is 5.32 Å². The summed E-state index contributed by atoms with van der Waals surface area (Å²) in [6, 6.07) is 17.8. The van der Waals surface area contributed by atoms with E-state index in [-0.39, 0.29) is 12.5 Å². The molecule has 5 nitrogen and oxygen atoms in total. The Kier molecular flexibility index (Phi) is 6.84. The minimum atomic E-state index is -0.162. The van der Waals surface area contributed by atoms with Crippen LogP contribution in [-0.4, -0.2) is 20.3 Å². The number of hydrogen-bond acceptors (Lipinski definition) is 4. The van der Waals surface area contributed by atoms with Gasteiger partial charge in [0.2, 0.25) is 5.91 Å². The largest absolute Gasteiger partial charge is 0.324 e. The van der Waals surface area contributed by atoms with Gasteiger partial charge in [0.05, 0.1) is 5.75 Å². The molecule has 0 aliphatic heterocycles. The van der Waals surface area contributed by atoms with Crippen LogP contribution in [0.1, 0.15) is 11.4 Å². The highest BCUT2D eigenvalue weighted by Gasteiger charge is 2.13. The summed E-state index contributed by atoms with van der Waals surface area (Å²) in [6.07, 6.45) is 1.78. The number of nitrogens with zero attached hydrogens (tertiary/aromatic N) is 3. The highest BCUT2D eigenvalue weighted by atomic mass is 32.2. The molecule has 144 valence electrons. The summed E-state index contributed by atoms with van der Waals surface area (Å²) in [4.78, 5) is 13.6. The van der Waals surface area contributed by atoms with Crippen molar-refractivity contribution in [1.82, 2.24) is 14.3 Å². The van der Waals surface area contributed by atoms with Crippen LogP contribution in [0.3, 0.4) is 0 Å². The van der Waals surface area contributed by atoms with E-state index in [1.165, 1.54) is 0 Å². The summed E-state index contributed by atoms with van der Waals surface area (Å²) in [5.74, 6) is 1.32. The van der Waals surface area contributed by atoms with Crippen LogP contribution in [0, 0.1) is 11.7 Å². The van der Waals surface area contributed by atoms with Crippen molar-refractivity contribution in [2.24, 2.45) is 0 Å². The predicted octanol–water partition coefficient (Wildman–Crippen LogP) is 4.84. The zero-order chi connectivity index (χ0) is 19.9. The van der Waals surface area contributed by atoms with Gasteiger partial charge in [-0.05, 0) is 43.4 Å². The maximum atomic E-state index is 12.4. The zero-order valence-corrected chi connectivity index (χ0v) is 17.3. The molecule has 0 spiro atoms. The Morgan fingerprint density at radius 2 is 1.93 bits per heavy atom. The minimum absolute atomic E-state index is 0.0693. The van der Waals surface area contributed by atoms with Gasteiger partial charge in [-0.3, -0.25) is 9.36 Å².